The maximum atomic E-state index is 12.1. The standard InChI is InChI=1S/C8H4Br2F3NO.C8H6F3NO.BHNS/c9-4-1-3(2-5(10)6(4)14)7(15)8(11,12)13;9-8(10,11)7(13)5-1-3-6(12)4-2-5;1-2-3/h1-2H,14H2;1-4H,12H2;3H. The molecule has 167 valence electrons. The zero-order valence-corrected chi connectivity index (χ0v) is 19.0. The monoisotopic (exact) mass is 592 g/mol. The predicted octanol–water partition coefficient (Wildman–Crippen LogP) is 5.74. The molecule has 31 heavy (non-hydrogen) atoms. The quantitative estimate of drug-likeness (QED) is 0.136. The molecule has 2 aromatic rings. The van der Waals surface area contributed by atoms with Gasteiger partial charge < -0.3 is 11.5 Å². The first-order chi connectivity index (χ1) is 14.1. The van der Waals surface area contributed by atoms with Crippen molar-refractivity contribution in [2.45, 2.75) is 12.4 Å². The van der Waals surface area contributed by atoms with Crippen molar-refractivity contribution in [2.75, 3.05) is 11.5 Å². The first kappa shape index (κ1) is 29.1. The summed E-state index contributed by atoms with van der Waals surface area (Å²) in [7, 11) is 4.34. The molecule has 0 spiro atoms. The van der Waals surface area contributed by atoms with Crippen LogP contribution in [0, 0.1) is 0 Å². The summed E-state index contributed by atoms with van der Waals surface area (Å²) in [6.07, 6.45) is -9.70. The molecule has 0 bridgehead atoms. The van der Waals surface area contributed by atoms with Gasteiger partial charge in [-0.15, -0.1) is 0 Å². The van der Waals surface area contributed by atoms with Crippen molar-refractivity contribution < 1.29 is 35.9 Å². The second-order valence-electron chi connectivity index (χ2n) is 5.24. The molecule has 5 nitrogen and oxygen atoms in total. The molecule has 0 amide bonds. The van der Waals surface area contributed by atoms with E-state index in [0.29, 0.717) is 5.69 Å². The van der Waals surface area contributed by atoms with Crippen LogP contribution in [0.3, 0.4) is 0 Å². The number of thiol groups is 1. The molecule has 0 aromatic heterocycles. The number of nitrogen functional groups attached to an aromatic ring is 2. The Kier molecular flexibility index (Phi) is 11.5. The fourth-order valence-corrected chi connectivity index (χ4v) is 2.86. The van der Waals surface area contributed by atoms with E-state index >= 15 is 0 Å². The first-order valence-electron chi connectivity index (χ1n) is 7.43. The Morgan fingerprint density at radius 2 is 1.16 bits per heavy atom. The normalized spacial score (nSPS) is 10.7. The van der Waals surface area contributed by atoms with Gasteiger partial charge in [-0.3, -0.25) is 9.59 Å². The third-order valence-electron chi connectivity index (χ3n) is 3.03. The molecule has 0 heterocycles. The zero-order chi connectivity index (χ0) is 24.6. The molecule has 4 N–H and O–H groups in total. The van der Waals surface area contributed by atoms with Crippen LogP contribution < -0.4 is 11.5 Å². The fraction of sp³-hybridized carbons (Fsp3) is 0.125. The van der Waals surface area contributed by atoms with Crippen molar-refractivity contribution in [2.24, 2.45) is 4.30 Å². The molecule has 0 aliphatic heterocycles. The average molecular weight is 594 g/mol. The van der Waals surface area contributed by atoms with Crippen molar-refractivity contribution in [3.8, 4) is 0 Å². The Balaban J connectivity index is 0.000000519. The van der Waals surface area contributed by atoms with Crippen LogP contribution in [0.25, 0.3) is 0 Å². The number of hydrogen-bond acceptors (Lipinski definition) is 6. The molecule has 1 radical (unpaired) electrons. The molecule has 0 saturated heterocycles. The van der Waals surface area contributed by atoms with Gasteiger partial charge in [0.25, 0.3) is 11.6 Å². The first-order valence-corrected chi connectivity index (χ1v) is 9.42. The number of halogens is 8. The van der Waals surface area contributed by atoms with Gasteiger partial charge in [0, 0.05) is 25.8 Å². The van der Waals surface area contributed by atoms with Crippen molar-refractivity contribution in [1.29, 1.82) is 0 Å². The summed E-state index contributed by atoms with van der Waals surface area (Å²) in [4.78, 5) is 21.5. The Morgan fingerprint density at radius 1 is 0.839 bits per heavy atom. The minimum atomic E-state index is -4.88. The zero-order valence-electron chi connectivity index (χ0n) is 14.9. The Bertz CT molecular complexity index is 917. The van der Waals surface area contributed by atoms with Crippen molar-refractivity contribution in [3.05, 3.63) is 56.5 Å². The topological polar surface area (TPSA) is 98.5 Å². The molecular formula is C16H11BBr2F6N3O2S. The summed E-state index contributed by atoms with van der Waals surface area (Å²) in [6, 6.07) is 6.67. The van der Waals surface area contributed by atoms with Gasteiger partial charge in [-0.1, -0.05) is 0 Å². The number of Topliss-reactive ketones (excluding diaryl/α,β-unsaturated/α-hetero) is 2. The van der Waals surface area contributed by atoms with Gasteiger partial charge >= 0.3 is 37.1 Å². The van der Waals surface area contributed by atoms with Gasteiger partial charge in [0.1, 0.15) is 0 Å². The van der Waals surface area contributed by atoms with Gasteiger partial charge in [0.05, 0.1) is 5.69 Å². The van der Waals surface area contributed by atoms with Crippen molar-refractivity contribution >= 4 is 75.3 Å². The number of carbonyl (C=O) groups is 2. The summed E-state index contributed by atoms with van der Waals surface area (Å²) in [5.41, 5.74) is 10.4. The van der Waals surface area contributed by atoms with Crippen LogP contribution in [0.15, 0.2) is 49.6 Å². The fourth-order valence-electron chi connectivity index (χ4n) is 1.68. The number of rotatable bonds is 2. The van der Waals surface area contributed by atoms with E-state index in [9.17, 15) is 35.9 Å². The molecule has 0 fully saturated rings. The van der Waals surface area contributed by atoms with Crippen LogP contribution in [-0.4, -0.2) is 31.6 Å². The molecule has 15 heteroatoms. The van der Waals surface area contributed by atoms with Gasteiger partial charge in [-0.2, -0.15) is 26.3 Å². The molecule has 2 rings (SSSR count). The molecular weight excluding hydrogens is 583 g/mol. The summed E-state index contributed by atoms with van der Waals surface area (Å²) < 4.78 is 75.0. The van der Waals surface area contributed by atoms with Crippen LogP contribution in [0.2, 0.25) is 0 Å². The minimum absolute atomic E-state index is 0.240. The molecule has 0 unspecified atom stereocenters. The molecule has 0 aliphatic carbocycles. The number of nitrogens with zero attached hydrogens (tertiary/aromatic N) is 1. The molecule has 0 saturated carbocycles. The van der Waals surface area contributed by atoms with Crippen molar-refractivity contribution in [3.63, 3.8) is 0 Å². The number of carbonyl (C=O) groups excluding carboxylic acids is 2. The third-order valence-corrected chi connectivity index (χ3v) is 4.34. The van der Waals surface area contributed by atoms with E-state index in [-0.39, 0.29) is 14.6 Å². The Morgan fingerprint density at radius 3 is 1.48 bits per heavy atom. The van der Waals surface area contributed by atoms with E-state index < -0.39 is 35.0 Å². The summed E-state index contributed by atoms with van der Waals surface area (Å²) >= 11 is 9.11. The van der Waals surface area contributed by atoms with E-state index in [1.54, 1.807) is 0 Å². The van der Waals surface area contributed by atoms with E-state index in [4.69, 9.17) is 11.5 Å². The Labute approximate surface area is 195 Å². The van der Waals surface area contributed by atoms with Gasteiger partial charge in [0.15, 0.2) is 0 Å². The maximum absolute atomic E-state index is 12.1. The van der Waals surface area contributed by atoms with Gasteiger partial charge in [-0.25, -0.2) is 0 Å². The van der Waals surface area contributed by atoms with E-state index in [1.807, 2.05) is 0 Å². The van der Waals surface area contributed by atoms with Crippen LogP contribution in [-0.2, 0) is 0 Å². The Hall–Kier alpha value is -1.87. The van der Waals surface area contributed by atoms with Crippen molar-refractivity contribution in [1.82, 2.24) is 0 Å². The number of anilines is 2. The van der Waals surface area contributed by atoms with E-state index in [2.05, 4.69) is 56.6 Å². The molecule has 0 atom stereocenters. The van der Waals surface area contributed by atoms with Crippen LogP contribution in [0.4, 0.5) is 37.7 Å². The number of benzene rings is 2. The van der Waals surface area contributed by atoms with Gasteiger partial charge in [0.2, 0.25) is 0 Å². The second-order valence-corrected chi connectivity index (χ2v) is 7.18. The number of alkyl halides is 6. The summed E-state index contributed by atoms with van der Waals surface area (Å²) in [5, 5.41) is 0. The number of hydrogen-bond donors (Lipinski definition) is 3. The number of nitrogens with two attached hydrogens (primary N) is 2. The summed E-state index contributed by atoms with van der Waals surface area (Å²) in [5.74, 6) is -3.75. The number of ketones is 2. The predicted molar refractivity (Wildman–Crippen MR) is 115 cm³/mol. The van der Waals surface area contributed by atoms with Gasteiger partial charge in [-0.05, 0) is 68.3 Å². The van der Waals surface area contributed by atoms with Crippen LogP contribution in [0.5, 0.6) is 0 Å². The second kappa shape index (κ2) is 12.2. The molecule has 2 aromatic carbocycles. The van der Waals surface area contributed by atoms with E-state index in [1.165, 1.54) is 12.1 Å². The van der Waals surface area contributed by atoms with Crippen LogP contribution >= 0.6 is 44.7 Å². The third kappa shape index (κ3) is 9.87. The molecule has 0 aliphatic rings. The summed E-state index contributed by atoms with van der Waals surface area (Å²) in [6.45, 7) is 0. The average Bonchev–Trinajstić information content (AvgIpc) is 2.65. The van der Waals surface area contributed by atoms with E-state index in [0.717, 1.165) is 24.3 Å². The SMILES string of the molecule is Nc1c(Br)cc(C(=O)C(F)(F)F)cc1Br.Nc1ccc(C(=O)C(F)(F)F)cc1.[B]=NS. The van der Waals surface area contributed by atoms with Crippen LogP contribution in [0.1, 0.15) is 20.7 Å².